The van der Waals surface area contributed by atoms with Crippen molar-refractivity contribution in [3.05, 3.63) is 36.0 Å². The molecule has 4 nitrogen and oxygen atoms in total. The van der Waals surface area contributed by atoms with Crippen molar-refractivity contribution in [1.29, 1.82) is 0 Å². The number of benzene rings is 1. The van der Waals surface area contributed by atoms with Crippen molar-refractivity contribution < 1.29 is 9.90 Å². The molecule has 1 heterocycles. The van der Waals surface area contributed by atoms with Gasteiger partial charge in [-0.25, -0.2) is 0 Å². The molecule has 0 aliphatic heterocycles. The Bertz CT molecular complexity index is 619. The van der Waals surface area contributed by atoms with Gasteiger partial charge in [0.2, 0.25) is 0 Å². The molecule has 4 heteroatoms. The van der Waals surface area contributed by atoms with Crippen LogP contribution in [0.5, 0.6) is 0 Å². The summed E-state index contributed by atoms with van der Waals surface area (Å²) in [7, 11) is 0. The van der Waals surface area contributed by atoms with Crippen LogP contribution in [0.3, 0.4) is 0 Å². The average Bonchev–Trinajstić information content (AvgIpc) is 2.45. The maximum atomic E-state index is 11.0. The maximum Gasteiger partial charge on any atom is 0.309 e. The number of hydrogen-bond donors (Lipinski definition) is 1. The molecule has 0 bridgehead atoms. The van der Waals surface area contributed by atoms with Crippen LogP contribution in [0.25, 0.3) is 10.9 Å². The lowest BCUT2D eigenvalue weighted by molar-refractivity contribution is -0.136. The summed E-state index contributed by atoms with van der Waals surface area (Å²) in [6.07, 6.45) is 2.08. The first-order chi connectivity index (χ1) is 10.2. The van der Waals surface area contributed by atoms with E-state index in [9.17, 15) is 4.79 Å². The van der Waals surface area contributed by atoms with E-state index in [4.69, 9.17) is 5.11 Å². The van der Waals surface area contributed by atoms with E-state index in [1.165, 1.54) is 0 Å². The minimum Gasteiger partial charge on any atom is -0.481 e. The van der Waals surface area contributed by atoms with Crippen LogP contribution >= 0.6 is 0 Å². The first-order valence-corrected chi connectivity index (χ1v) is 7.51. The zero-order chi connectivity index (χ0) is 15.2. The Morgan fingerprint density at radius 3 is 2.48 bits per heavy atom. The molecule has 0 fully saturated rings. The van der Waals surface area contributed by atoms with Crippen LogP contribution in [0.4, 0.5) is 5.69 Å². The molecule has 0 spiro atoms. The van der Waals surface area contributed by atoms with E-state index >= 15 is 0 Å². The van der Waals surface area contributed by atoms with E-state index in [0.717, 1.165) is 42.5 Å². The van der Waals surface area contributed by atoms with Crippen LogP contribution in [0.2, 0.25) is 0 Å². The number of pyridine rings is 1. The smallest absolute Gasteiger partial charge is 0.309 e. The Balaban J connectivity index is 2.54. The zero-order valence-corrected chi connectivity index (χ0v) is 12.7. The van der Waals surface area contributed by atoms with Crippen molar-refractivity contribution in [2.24, 2.45) is 0 Å². The second-order valence-electron chi connectivity index (χ2n) is 5.21. The quantitative estimate of drug-likeness (QED) is 0.846. The standard InChI is InChI=1S/C17H22N2O2/c1-3-9-19(10-4-2)16-11-13(12-17(20)21)18-15-8-6-5-7-14(15)16/h5-8,11H,3-4,9-10,12H2,1-2H3,(H,20,21). The normalized spacial score (nSPS) is 10.8. The van der Waals surface area contributed by atoms with E-state index in [1.54, 1.807) is 0 Å². The van der Waals surface area contributed by atoms with Gasteiger partial charge in [0, 0.05) is 24.2 Å². The minimum atomic E-state index is -0.846. The molecule has 21 heavy (non-hydrogen) atoms. The number of para-hydroxylation sites is 1. The van der Waals surface area contributed by atoms with Gasteiger partial charge in [-0.05, 0) is 25.0 Å². The fourth-order valence-corrected chi connectivity index (χ4v) is 2.61. The number of aliphatic carboxylic acids is 1. The number of carboxylic acids is 1. The molecule has 0 unspecified atom stereocenters. The van der Waals surface area contributed by atoms with Gasteiger partial charge in [-0.15, -0.1) is 0 Å². The molecule has 2 rings (SSSR count). The summed E-state index contributed by atoms with van der Waals surface area (Å²) in [5, 5.41) is 10.1. The van der Waals surface area contributed by atoms with Gasteiger partial charge in [0.1, 0.15) is 0 Å². The van der Waals surface area contributed by atoms with Crippen molar-refractivity contribution in [3.8, 4) is 0 Å². The number of carbonyl (C=O) groups is 1. The Morgan fingerprint density at radius 2 is 1.86 bits per heavy atom. The van der Waals surface area contributed by atoms with Crippen molar-refractivity contribution in [1.82, 2.24) is 4.98 Å². The van der Waals surface area contributed by atoms with Crippen LogP contribution in [-0.4, -0.2) is 29.1 Å². The SMILES string of the molecule is CCCN(CCC)c1cc(CC(=O)O)nc2ccccc12. The summed E-state index contributed by atoms with van der Waals surface area (Å²) in [6.45, 7) is 6.25. The predicted molar refractivity (Wildman–Crippen MR) is 85.9 cm³/mol. The highest BCUT2D eigenvalue weighted by atomic mass is 16.4. The molecule has 1 aromatic heterocycles. The van der Waals surface area contributed by atoms with Gasteiger partial charge in [0.15, 0.2) is 0 Å². The number of carboxylic acid groups (broad SMARTS) is 1. The van der Waals surface area contributed by atoms with Crippen LogP contribution < -0.4 is 4.90 Å². The highest BCUT2D eigenvalue weighted by Crippen LogP contribution is 2.27. The van der Waals surface area contributed by atoms with Crippen molar-refractivity contribution >= 4 is 22.6 Å². The Morgan fingerprint density at radius 1 is 1.19 bits per heavy atom. The maximum absolute atomic E-state index is 11.0. The molecule has 1 aromatic carbocycles. The van der Waals surface area contributed by atoms with Gasteiger partial charge in [-0.3, -0.25) is 9.78 Å². The zero-order valence-electron chi connectivity index (χ0n) is 12.7. The monoisotopic (exact) mass is 286 g/mol. The third-order valence-corrected chi connectivity index (χ3v) is 3.41. The van der Waals surface area contributed by atoms with Gasteiger partial charge >= 0.3 is 5.97 Å². The molecule has 112 valence electrons. The number of nitrogens with zero attached hydrogens (tertiary/aromatic N) is 2. The largest absolute Gasteiger partial charge is 0.481 e. The first-order valence-electron chi connectivity index (χ1n) is 7.51. The van der Waals surface area contributed by atoms with E-state index in [2.05, 4.69) is 29.8 Å². The topological polar surface area (TPSA) is 53.4 Å². The lowest BCUT2D eigenvalue weighted by atomic mass is 10.1. The van der Waals surface area contributed by atoms with Crippen molar-refractivity contribution in [2.75, 3.05) is 18.0 Å². The fraction of sp³-hybridized carbons (Fsp3) is 0.412. The number of aromatic nitrogens is 1. The second kappa shape index (κ2) is 7.07. The van der Waals surface area contributed by atoms with E-state index < -0.39 is 5.97 Å². The summed E-state index contributed by atoms with van der Waals surface area (Å²) in [5.41, 5.74) is 2.58. The summed E-state index contributed by atoms with van der Waals surface area (Å²) >= 11 is 0. The number of anilines is 1. The second-order valence-corrected chi connectivity index (χ2v) is 5.21. The Kier molecular flexibility index (Phi) is 5.14. The fourth-order valence-electron chi connectivity index (χ4n) is 2.61. The third-order valence-electron chi connectivity index (χ3n) is 3.41. The Labute approximate surface area is 125 Å². The molecular weight excluding hydrogens is 264 g/mol. The van der Waals surface area contributed by atoms with Crippen LogP contribution in [0, 0.1) is 0 Å². The number of rotatable bonds is 7. The highest BCUT2D eigenvalue weighted by Gasteiger charge is 2.13. The minimum absolute atomic E-state index is 0.0378. The van der Waals surface area contributed by atoms with Crippen molar-refractivity contribution in [2.45, 2.75) is 33.1 Å². The summed E-state index contributed by atoms with van der Waals surface area (Å²) in [5.74, 6) is -0.846. The molecule has 0 saturated heterocycles. The van der Waals surface area contributed by atoms with E-state index in [-0.39, 0.29) is 6.42 Å². The van der Waals surface area contributed by atoms with E-state index in [1.807, 2.05) is 24.3 Å². The molecule has 0 aliphatic carbocycles. The van der Waals surface area contributed by atoms with Gasteiger partial charge in [-0.2, -0.15) is 0 Å². The third kappa shape index (κ3) is 3.72. The lowest BCUT2D eigenvalue weighted by Crippen LogP contribution is -2.25. The molecule has 2 aromatic rings. The average molecular weight is 286 g/mol. The van der Waals surface area contributed by atoms with Gasteiger partial charge < -0.3 is 10.0 Å². The first kappa shape index (κ1) is 15.3. The predicted octanol–water partition coefficient (Wildman–Crippen LogP) is 3.49. The van der Waals surface area contributed by atoms with Crippen LogP contribution in [-0.2, 0) is 11.2 Å². The lowest BCUT2D eigenvalue weighted by Gasteiger charge is -2.25. The number of hydrogen-bond acceptors (Lipinski definition) is 3. The van der Waals surface area contributed by atoms with Crippen LogP contribution in [0.15, 0.2) is 30.3 Å². The molecule has 1 N–H and O–H groups in total. The van der Waals surface area contributed by atoms with Crippen molar-refractivity contribution in [3.63, 3.8) is 0 Å². The highest BCUT2D eigenvalue weighted by molar-refractivity contribution is 5.92. The summed E-state index contributed by atoms with van der Waals surface area (Å²) in [4.78, 5) is 17.8. The molecule has 0 saturated carbocycles. The van der Waals surface area contributed by atoms with Crippen LogP contribution in [0.1, 0.15) is 32.4 Å². The molecule has 0 radical (unpaired) electrons. The summed E-state index contributed by atoms with van der Waals surface area (Å²) in [6, 6.07) is 9.87. The molecule has 0 atom stereocenters. The Hall–Kier alpha value is -2.10. The van der Waals surface area contributed by atoms with Gasteiger partial charge in [-0.1, -0.05) is 32.0 Å². The molecule has 0 aliphatic rings. The summed E-state index contributed by atoms with van der Waals surface area (Å²) < 4.78 is 0. The van der Waals surface area contributed by atoms with E-state index in [0.29, 0.717) is 5.69 Å². The molecule has 0 amide bonds. The van der Waals surface area contributed by atoms with Gasteiger partial charge in [0.05, 0.1) is 17.6 Å². The van der Waals surface area contributed by atoms with Gasteiger partial charge in [0.25, 0.3) is 0 Å². The number of fused-ring (bicyclic) bond motifs is 1. The molecular formula is C17H22N2O2.